The van der Waals surface area contributed by atoms with Gasteiger partial charge in [-0.05, 0) is 60.7 Å². The summed E-state index contributed by atoms with van der Waals surface area (Å²) >= 11 is 1.54. The van der Waals surface area contributed by atoms with Crippen LogP contribution < -0.4 is 14.8 Å². The molecule has 2 aromatic carbocycles. The number of rotatable bonds is 8. The molecule has 28 heavy (non-hydrogen) atoms. The second-order valence-electron chi connectivity index (χ2n) is 6.85. The summed E-state index contributed by atoms with van der Waals surface area (Å²) in [6, 6.07) is 15.2. The van der Waals surface area contributed by atoms with E-state index in [1.165, 1.54) is 0 Å². The van der Waals surface area contributed by atoms with E-state index in [0.29, 0.717) is 18.1 Å². The van der Waals surface area contributed by atoms with Gasteiger partial charge in [0.25, 0.3) is 5.91 Å². The first-order valence-corrected chi connectivity index (χ1v) is 10.2. The molecular weight excluding hydrogens is 372 g/mol. The van der Waals surface area contributed by atoms with E-state index < -0.39 is 0 Å². The summed E-state index contributed by atoms with van der Waals surface area (Å²) in [4.78, 5) is 16.9. The van der Waals surface area contributed by atoms with Crippen LogP contribution in [0.25, 0.3) is 0 Å². The van der Waals surface area contributed by atoms with Gasteiger partial charge in [0.05, 0.1) is 24.4 Å². The van der Waals surface area contributed by atoms with Crippen molar-refractivity contribution in [1.29, 1.82) is 0 Å². The van der Waals surface area contributed by atoms with Crippen molar-refractivity contribution in [2.75, 3.05) is 7.11 Å². The Bertz CT molecular complexity index is 904. The predicted octanol–water partition coefficient (Wildman–Crippen LogP) is 4.61. The van der Waals surface area contributed by atoms with E-state index in [2.05, 4.69) is 10.3 Å². The smallest absolute Gasteiger partial charge is 0.251 e. The third-order valence-electron chi connectivity index (χ3n) is 4.84. The first kappa shape index (κ1) is 18.5. The van der Waals surface area contributed by atoms with Crippen molar-refractivity contribution < 1.29 is 14.3 Å². The Hall–Kier alpha value is -2.86. The molecular formula is C22H22N2O3S. The van der Waals surface area contributed by atoms with Gasteiger partial charge in [0, 0.05) is 10.9 Å². The molecule has 1 amide bonds. The molecule has 3 aromatic rings. The van der Waals surface area contributed by atoms with Crippen molar-refractivity contribution in [2.45, 2.75) is 25.5 Å². The lowest BCUT2D eigenvalue weighted by Crippen LogP contribution is -2.29. The number of amides is 1. The maximum atomic E-state index is 12.8. The molecule has 1 N–H and O–H groups in total. The minimum atomic E-state index is -0.0706. The Kier molecular flexibility index (Phi) is 5.58. The van der Waals surface area contributed by atoms with Crippen LogP contribution in [-0.2, 0) is 6.61 Å². The van der Waals surface area contributed by atoms with Crippen molar-refractivity contribution in [3.8, 4) is 11.5 Å². The molecule has 0 saturated heterocycles. The lowest BCUT2D eigenvalue weighted by Gasteiger charge is -2.19. The Labute approximate surface area is 168 Å². The lowest BCUT2D eigenvalue weighted by molar-refractivity contribution is 0.0931. The average Bonchev–Trinajstić information content (AvgIpc) is 3.45. The average molecular weight is 394 g/mol. The van der Waals surface area contributed by atoms with Gasteiger partial charge >= 0.3 is 0 Å². The first-order valence-electron chi connectivity index (χ1n) is 9.27. The van der Waals surface area contributed by atoms with Gasteiger partial charge in [-0.15, -0.1) is 11.3 Å². The van der Waals surface area contributed by atoms with Crippen molar-refractivity contribution >= 4 is 17.2 Å². The molecule has 6 heteroatoms. The van der Waals surface area contributed by atoms with Gasteiger partial charge in [-0.25, -0.2) is 4.98 Å². The number of aromatic nitrogens is 1. The van der Waals surface area contributed by atoms with E-state index in [0.717, 1.165) is 35.6 Å². The zero-order chi connectivity index (χ0) is 19.3. The first-order chi connectivity index (χ1) is 13.7. The fourth-order valence-corrected chi connectivity index (χ4v) is 3.65. The van der Waals surface area contributed by atoms with Gasteiger partial charge in [0.1, 0.15) is 18.1 Å². The third-order valence-corrected chi connectivity index (χ3v) is 5.48. The summed E-state index contributed by atoms with van der Waals surface area (Å²) in [6.07, 6.45) is 2.28. The summed E-state index contributed by atoms with van der Waals surface area (Å²) in [5.41, 5.74) is 4.42. The van der Waals surface area contributed by atoms with Crippen molar-refractivity contribution in [3.63, 3.8) is 0 Å². The zero-order valence-corrected chi connectivity index (χ0v) is 16.4. The number of carbonyl (C=O) groups excluding carboxylic acids is 1. The summed E-state index contributed by atoms with van der Waals surface area (Å²) in [5.74, 6) is 1.97. The van der Waals surface area contributed by atoms with E-state index in [9.17, 15) is 4.79 Å². The highest BCUT2D eigenvalue weighted by Gasteiger charge is 2.33. The standard InChI is InChI=1S/C22H22N2O3S/c1-26-19-8-4-16(5-9-19)21(15-2-3-15)24-22(25)17-6-10-20(11-7-17)27-12-18-13-28-14-23-18/h4-11,13-15,21H,2-3,12H2,1H3,(H,24,25). The monoisotopic (exact) mass is 394 g/mol. The summed E-state index contributed by atoms with van der Waals surface area (Å²) in [5, 5.41) is 5.15. The van der Waals surface area contributed by atoms with Crippen LogP contribution in [-0.4, -0.2) is 18.0 Å². The maximum absolute atomic E-state index is 12.8. The van der Waals surface area contributed by atoms with Gasteiger partial charge in [-0.1, -0.05) is 12.1 Å². The van der Waals surface area contributed by atoms with Crippen LogP contribution in [0.3, 0.4) is 0 Å². The Morgan fingerprint density at radius 1 is 1.14 bits per heavy atom. The van der Waals surface area contributed by atoms with Crippen LogP contribution in [0.1, 0.15) is 40.5 Å². The van der Waals surface area contributed by atoms with Crippen molar-refractivity contribution in [2.24, 2.45) is 5.92 Å². The number of nitrogens with zero attached hydrogens (tertiary/aromatic N) is 1. The Morgan fingerprint density at radius 2 is 1.86 bits per heavy atom. The molecule has 144 valence electrons. The fourth-order valence-electron chi connectivity index (χ4n) is 3.11. The van der Waals surface area contributed by atoms with Crippen molar-refractivity contribution in [3.05, 3.63) is 76.2 Å². The molecule has 0 spiro atoms. The van der Waals surface area contributed by atoms with Crippen LogP contribution in [0, 0.1) is 5.92 Å². The second-order valence-corrected chi connectivity index (χ2v) is 7.57. The molecule has 0 bridgehead atoms. The van der Waals surface area contributed by atoms with Crippen molar-refractivity contribution in [1.82, 2.24) is 10.3 Å². The van der Waals surface area contributed by atoms with E-state index in [4.69, 9.17) is 9.47 Å². The van der Waals surface area contributed by atoms with E-state index >= 15 is 0 Å². The zero-order valence-electron chi connectivity index (χ0n) is 15.6. The molecule has 0 radical (unpaired) electrons. The molecule has 1 saturated carbocycles. The molecule has 1 unspecified atom stereocenters. The molecule has 1 aliphatic carbocycles. The summed E-state index contributed by atoms with van der Waals surface area (Å²) in [7, 11) is 1.65. The fraction of sp³-hybridized carbons (Fsp3) is 0.273. The number of ether oxygens (including phenoxy) is 2. The molecule has 0 aliphatic heterocycles. The number of thiazole rings is 1. The molecule has 1 atom stereocenters. The number of nitrogens with one attached hydrogen (secondary N) is 1. The van der Waals surface area contributed by atoms with Crippen LogP contribution >= 0.6 is 11.3 Å². The van der Waals surface area contributed by atoms with Gasteiger partial charge < -0.3 is 14.8 Å². The minimum absolute atomic E-state index is 0.0269. The van der Waals surface area contributed by atoms with E-state index in [1.807, 2.05) is 41.8 Å². The van der Waals surface area contributed by atoms with Gasteiger partial charge in [-0.3, -0.25) is 4.79 Å². The Morgan fingerprint density at radius 3 is 2.46 bits per heavy atom. The Balaban J connectivity index is 1.39. The molecule has 4 rings (SSSR count). The second kappa shape index (κ2) is 8.44. The number of carbonyl (C=O) groups is 1. The maximum Gasteiger partial charge on any atom is 0.251 e. The SMILES string of the molecule is COc1ccc(C(NC(=O)c2ccc(OCc3cscn3)cc2)C2CC2)cc1. The van der Waals surface area contributed by atoms with Gasteiger partial charge in [0.15, 0.2) is 0 Å². The topological polar surface area (TPSA) is 60.5 Å². The normalized spacial score (nSPS) is 14.3. The number of benzene rings is 2. The number of methoxy groups -OCH3 is 1. The molecule has 1 aromatic heterocycles. The van der Waals surface area contributed by atoms with E-state index in [-0.39, 0.29) is 11.9 Å². The van der Waals surface area contributed by atoms with Crippen LogP contribution in [0.5, 0.6) is 11.5 Å². The number of hydrogen-bond donors (Lipinski definition) is 1. The van der Waals surface area contributed by atoms with Crippen LogP contribution in [0.15, 0.2) is 59.4 Å². The third kappa shape index (κ3) is 4.51. The predicted molar refractivity (Wildman–Crippen MR) is 109 cm³/mol. The minimum Gasteiger partial charge on any atom is -0.497 e. The summed E-state index contributed by atoms with van der Waals surface area (Å²) < 4.78 is 10.9. The molecule has 1 aliphatic rings. The number of hydrogen-bond acceptors (Lipinski definition) is 5. The highest BCUT2D eigenvalue weighted by atomic mass is 32.1. The molecule has 1 fully saturated rings. The molecule has 1 heterocycles. The quantitative estimate of drug-likeness (QED) is 0.606. The lowest BCUT2D eigenvalue weighted by atomic mass is 10.0. The highest BCUT2D eigenvalue weighted by molar-refractivity contribution is 7.07. The van der Waals surface area contributed by atoms with Gasteiger partial charge in [-0.2, -0.15) is 0 Å². The van der Waals surface area contributed by atoms with Crippen LogP contribution in [0.4, 0.5) is 0 Å². The largest absolute Gasteiger partial charge is 0.497 e. The van der Waals surface area contributed by atoms with Crippen LogP contribution in [0.2, 0.25) is 0 Å². The summed E-state index contributed by atoms with van der Waals surface area (Å²) in [6.45, 7) is 0.427. The van der Waals surface area contributed by atoms with Gasteiger partial charge in [0.2, 0.25) is 0 Å². The highest BCUT2D eigenvalue weighted by Crippen LogP contribution is 2.41. The van der Waals surface area contributed by atoms with E-state index in [1.54, 1.807) is 36.1 Å². The molecule has 5 nitrogen and oxygen atoms in total.